The first-order valence-corrected chi connectivity index (χ1v) is 9.86. The molecule has 0 radical (unpaired) electrons. The van der Waals surface area contributed by atoms with E-state index in [4.69, 9.17) is 4.42 Å². The fraction of sp³-hybridized carbons (Fsp3) is 0.600. The molecule has 1 aromatic heterocycles. The molecule has 1 saturated heterocycles. The van der Waals surface area contributed by atoms with E-state index in [1.54, 1.807) is 16.7 Å². The van der Waals surface area contributed by atoms with Gasteiger partial charge >= 0.3 is 5.76 Å². The number of oxazole rings is 1. The van der Waals surface area contributed by atoms with E-state index in [1.165, 1.54) is 25.7 Å². The summed E-state index contributed by atoms with van der Waals surface area (Å²) < 4.78 is 6.94. The Hall–Kier alpha value is -2.12. The molecule has 2 aliphatic rings. The number of hydrogen-bond donors (Lipinski definition) is 2. The maximum absolute atomic E-state index is 12.7. The summed E-state index contributed by atoms with van der Waals surface area (Å²) in [5.74, 6) is 0.272. The van der Waals surface area contributed by atoms with Crippen LogP contribution in [0.2, 0.25) is 0 Å². The van der Waals surface area contributed by atoms with Gasteiger partial charge in [-0.3, -0.25) is 9.36 Å². The number of carbonyl (C=O) groups is 1. The van der Waals surface area contributed by atoms with Crippen LogP contribution in [0, 0.1) is 5.92 Å². The van der Waals surface area contributed by atoms with E-state index in [2.05, 4.69) is 10.6 Å². The Kier molecular flexibility index (Phi) is 5.06. The molecule has 7 nitrogen and oxygen atoms in total. The average molecular weight is 372 g/mol. The monoisotopic (exact) mass is 372 g/mol. The zero-order chi connectivity index (χ0) is 19.0. The number of nitrogens with one attached hydrogen (secondary N) is 2. The minimum absolute atomic E-state index is 0.00873. The topological polar surface area (TPSA) is 79.5 Å². The van der Waals surface area contributed by atoms with E-state index in [0.29, 0.717) is 35.3 Å². The number of hydrogen-bond acceptors (Lipinski definition) is 5. The van der Waals surface area contributed by atoms with Gasteiger partial charge in [-0.05, 0) is 57.5 Å². The van der Waals surface area contributed by atoms with Crippen molar-refractivity contribution in [2.75, 3.05) is 26.0 Å². The molecule has 1 saturated carbocycles. The molecular weight excluding hydrogens is 344 g/mol. The summed E-state index contributed by atoms with van der Waals surface area (Å²) in [5, 5.41) is 6.53. The van der Waals surface area contributed by atoms with Crippen LogP contribution in [-0.2, 0) is 11.3 Å². The van der Waals surface area contributed by atoms with Crippen molar-refractivity contribution in [3.63, 3.8) is 0 Å². The number of likely N-dealkylation sites (N-methyl/N-ethyl adjacent to an activating group) is 1. The highest BCUT2D eigenvalue weighted by Gasteiger charge is 2.38. The first kappa shape index (κ1) is 18.3. The van der Waals surface area contributed by atoms with Crippen molar-refractivity contribution in [2.24, 2.45) is 5.92 Å². The van der Waals surface area contributed by atoms with E-state index in [0.717, 1.165) is 13.0 Å². The molecule has 3 atom stereocenters. The Bertz CT molecular complexity index is 871. The first-order chi connectivity index (χ1) is 13.0. The molecule has 4 rings (SSSR count). The predicted octanol–water partition coefficient (Wildman–Crippen LogP) is 2.02. The van der Waals surface area contributed by atoms with Crippen LogP contribution >= 0.6 is 0 Å². The van der Waals surface area contributed by atoms with Crippen molar-refractivity contribution >= 4 is 22.7 Å². The van der Waals surface area contributed by atoms with Crippen LogP contribution in [0.4, 0.5) is 5.69 Å². The molecule has 1 aliphatic carbocycles. The summed E-state index contributed by atoms with van der Waals surface area (Å²) in [6, 6.07) is 5.73. The largest absolute Gasteiger partial charge is 0.419 e. The van der Waals surface area contributed by atoms with Gasteiger partial charge in [0.25, 0.3) is 0 Å². The molecule has 2 fully saturated rings. The van der Waals surface area contributed by atoms with Crippen LogP contribution in [0.25, 0.3) is 11.1 Å². The highest BCUT2D eigenvalue weighted by molar-refractivity contribution is 5.96. The molecule has 0 bridgehead atoms. The quantitative estimate of drug-likeness (QED) is 0.839. The molecule has 2 aromatic rings. The summed E-state index contributed by atoms with van der Waals surface area (Å²) >= 11 is 0. The lowest BCUT2D eigenvalue weighted by molar-refractivity contribution is -0.117. The van der Waals surface area contributed by atoms with Crippen molar-refractivity contribution in [2.45, 2.75) is 50.7 Å². The fourth-order valence-electron chi connectivity index (χ4n) is 4.40. The molecule has 2 heterocycles. The van der Waals surface area contributed by atoms with Gasteiger partial charge in [-0.1, -0.05) is 12.8 Å². The number of fused-ring (bicyclic) bond motifs is 2. The summed E-state index contributed by atoms with van der Waals surface area (Å²) in [6.45, 7) is 1.28. The molecule has 3 unspecified atom stereocenters. The fourth-order valence-corrected chi connectivity index (χ4v) is 4.40. The van der Waals surface area contributed by atoms with E-state index >= 15 is 0 Å². The number of benzene rings is 1. The molecule has 1 aliphatic heterocycles. The average Bonchev–Trinajstić information content (AvgIpc) is 3.20. The SMILES string of the molecule is CN(C)CCn1c(=O)oc2ccc(NC(=O)C3CC4CCCCC4N3)cc21. The molecule has 2 N–H and O–H groups in total. The molecule has 146 valence electrons. The van der Waals surface area contributed by atoms with Gasteiger partial charge in [-0.2, -0.15) is 0 Å². The van der Waals surface area contributed by atoms with Crippen molar-refractivity contribution in [3.05, 3.63) is 28.7 Å². The minimum atomic E-state index is -0.364. The Labute approximate surface area is 158 Å². The third-order valence-corrected chi connectivity index (χ3v) is 5.89. The summed E-state index contributed by atoms with van der Waals surface area (Å²) in [4.78, 5) is 26.9. The second-order valence-electron chi connectivity index (χ2n) is 8.10. The smallest absolute Gasteiger partial charge is 0.408 e. The number of nitrogens with zero attached hydrogens (tertiary/aromatic N) is 2. The molecular formula is C20H28N4O3. The van der Waals surface area contributed by atoms with Crippen LogP contribution in [0.3, 0.4) is 0 Å². The zero-order valence-corrected chi connectivity index (χ0v) is 16.0. The third kappa shape index (κ3) is 3.80. The van der Waals surface area contributed by atoms with Gasteiger partial charge < -0.3 is 20.0 Å². The standard InChI is InChI=1S/C20H28N4O3/c1-23(2)9-10-24-17-12-14(7-8-18(17)27-20(24)26)21-19(25)16-11-13-5-3-4-6-15(13)22-16/h7-8,12-13,15-16,22H,3-6,9-11H2,1-2H3,(H,21,25). The minimum Gasteiger partial charge on any atom is -0.408 e. The third-order valence-electron chi connectivity index (χ3n) is 5.89. The number of rotatable bonds is 5. The van der Waals surface area contributed by atoms with Gasteiger partial charge in [0, 0.05) is 24.8 Å². The molecule has 27 heavy (non-hydrogen) atoms. The number of amides is 1. The number of aromatic nitrogens is 1. The van der Waals surface area contributed by atoms with Crippen molar-refractivity contribution in [1.82, 2.24) is 14.8 Å². The lowest BCUT2D eigenvalue weighted by Gasteiger charge is -2.24. The molecule has 0 spiro atoms. The second-order valence-corrected chi connectivity index (χ2v) is 8.10. The van der Waals surface area contributed by atoms with Crippen molar-refractivity contribution in [3.8, 4) is 0 Å². The number of carbonyl (C=O) groups excluding carboxylic acids is 1. The Morgan fingerprint density at radius 3 is 2.93 bits per heavy atom. The van der Waals surface area contributed by atoms with Crippen LogP contribution in [0.5, 0.6) is 0 Å². The van der Waals surface area contributed by atoms with E-state index < -0.39 is 0 Å². The molecule has 1 aromatic carbocycles. The van der Waals surface area contributed by atoms with Crippen LogP contribution in [-0.4, -0.2) is 48.1 Å². The van der Waals surface area contributed by atoms with Crippen LogP contribution in [0.1, 0.15) is 32.1 Å². The summed E-state index contributed by atoms with van der Waals surface area (Å²) in [7, 11) is 3.93. The summed E-state index contributed by atoms with van der Waals surface area (Å²) in [6.07, 6.45) is 5.84. The van der Waals surface area contributed by atoms with E-state index in [-0.39, 0.29) is 17.7 Å². The normalized spacial score (nSPS) is 25.1. The Morgan fingerprint density at radius 2 is 2.15 bits per heavy atom. The Balaban J connectivity index is 1.49. The van der Waals surface area contributed by atoms with Gasteiger partial charge in [0.2, 0.25) is 5.91 Å². The first-order valence-electron chi connectivity index (χ1n) is 9.86. The van der Waals surface area contributed by atoms with Crippen LogP contribution < -0.4 is 16.4 Å². The van der Waals surface area contributed by atoms with Crippen molar-refractivity contribution in [1.29, 1.82) is 0 Å². The van der Waals surface area contributed by atoms with E-state index in [1.807, 2.05) is 25.1 Å². The zero-order valence-electron chi connectivity index (χ0n) is 16.0. The predicted molar refractivity (Wildman–Crippen MR) is 105 cm³/mol. The molecule has 1 amide bonds. The Morgan fingerprint density at radius 1 is 1.33 bits per heavy atom. The van der Waals surface area contributed by atoms with Crippen molar-refractivity contribution < 1.29 is 9.21 Å². The maximum Gasteiger partial charge on any atom is 0.419 e. The van der Waals surface area contributed by atoms with Gasteiger partial charge in [-0.15, -0.1) is 0 Å². The maximum atomic E-state index is 12.7. The summed E-state index contributed by atoms with van der Waals surface area (Å²) in [5.41, 5.74) is 1.96. The molecule has 7 heteroatoms. The van der Waals surface area contributed by atoms with E-state index in [9.17, 15) is 9.59 Å². The lowest BCUT2D eigenvalue weighted by atomic mass is 9.85. The van der Waals surface area contributed by atoms with Gasteiger partial charge in [0.15, 0.2) is 5.58 Å². The van der Waals surface area contributed by atoms with Gasteiger partial charge in [-0.25, -0.2) is 4.79 Å². The second kappa shape index (κ2) is 7.48. The van der Waals surface area contributed by atoms with Gasteiger partial charge in [0.1, 0.15) is 0 Å². The number of anilines is 1. The lowest BCUT2D eigenvalue weighted by Crippen LogP contribution is -2.39. The highest BCUT2D eigenvalue weighted by Crippen LogP contribution is 2.33. The van der Waals surface area contributed by atoms with Gasteiger partial charge in [0.05, 0.1) is 11.6 Å². The highest BCUT2D eigenvalue weighted by atomic mass is 16.4. The van der Waals surface area contributed by atoms with Crippen LogP contribution in [0.15, 0.2) is 27.4 Å².